The van der Waals surface area contributed by atoms with Crippen molar-refractivity contribution in [2.24, 2.45) is 0 Å². The molecule has 0 spiro atoms. The minimum atomic E-state index is -0.715. The van der Waals surface area contributed by atoms with Crippen molar-refractivity contribution in [2.45, 2.75) is 20.4 Å². The summed E-state index contributed by atoms with van der Waals surface area (Å²) in [5.41, 5.74) is -0.171. The second-order valence-electron chi connectivity index (χ2n) is 3.46. The number of carbonyl (C=O) groups is 2. The van der Waals surface area contributed by atoms with Crippen LogP contribution in [-0.4, -0.2) is 25.2 Å². The van der Waals surface area contributed by atoms with Crippen LogP contribution in [0.3, 0.4) is 0 Å². The van der Waals surface area contributed by atoms with E-state index in [0.29, 0.717) is 12.3 Å². The van der Waals surface area contributed by atoms with Crippen LogP contribution in [0.15, 0.2) is 34.6 Å². The quantitative estimate of drug-likeness (QED) is 0.348. The molecule has 0 amide bonds. The third-order valence-corrected chi connectivity index (χ3v) is 2.09. The van der Waals surface area contributed by atoms with E-state index in [0.717, 1.165) is 0 Å². The van der Waals surface area contributed by atoms with Crippen LogP contribution in [0.25, 0.3) is 0 Å². The second kappa shape index (κ2) is 7.97. The molecule has 1 aromatic rings. The summed E-state index contributed by atoms with van der Waals surface area (Å²) >= 11 is 0. The van der Waals surface area contributed by atoms with Crippen molar-refractivity contribution in [1.29, 1.82) is 0 Å². The van der Waals surface area contributed by atoms with E-state index < -0.39 is 11.9 Å². The molecule has 1 rings (SSSR count). The number of furan rings is 1. The van der Waals surface area contributed by atoms with E-state index in [4.69, 9.17) is 13.9 Å². The van der Waals surface area contributed by atoms with Crippen LogP contribution in [0, 0.1) is 0 Å². The number of hydrogen-bond acceptors (Lipinski definition) is 6. The molecule has 0 aromatic carbocycles. The van der Waals surface area contributed by atoms with Gasteiger partial charge in [0.1, 0.15) is 5.76 Å². The molecule has 0 unspecified atom stereocenters. The summed E-state index contributed by atoms with van der Waals surface area (Å²) in [5.74, 6) is -0.746. The summed E-state index contributed by atoms with van der Waals surface area (Å²) < 4.78 is 14.7. The molecule has 0 bridgehead atoms. The van der Waals surface area contributed by atoms with Crippen molar-refractivity contribution in [3.8, 4) is 0 Å². The van der Waals surface area contributed by atoms with Gasteiger partial charge in [0.25, 0.3) is 0 Å². The van der Waals surface area contributed by atoms with Gasteiger partial charge in [-0.3, -0.25) is 0 Å². The van der Waals surface area contributed by atoms with Crippen LogP contribution in [0.5, 0.6) is 0 Å². The molecule has 1 N–H and O–H groups in total. The Kier molecular flexibility index (Phi) is 6.21. The van der Waals surface area contributed by atoms with Crippen LogP contribution in [0.4, 0.5) is 0 Å². The predicted octanol–water partition coefficient (Wildman–Crippen LogP) is 1.38. The highest BCUT2D eigenvalue weighted by Crippen LogP contribution is 2.03. The second-order valence-corrected chi connectivity index (χ2v) is 3.46. The van der Waals surface area contributed by atoms with Crippen molar-refractivity contribution in [3.05, 3.63) is 35.9 Å². The zero-order valence-electron chi connectivity index (χ0n) is 11.0. The average Bonchev–Trinajstić information content (AvgIpc) is 2.88. The first-order valence-electron chi connectivity index (χ1n) is 5.99. The van der Waals surface area contributed by atoms with Gasteiger partial charge in [-0.15, -0.1) is 0 Å². The standard InChI is InChI=1S/C13H17NO5/c1-3-17-12(15)11(13(16)18-4-2)9-14-8-10-6-5-7-19-10/h5-7,9,14H,3-4,8H2,1-2H3. The van der Waals surface area contributed by atoms with Crippen molar-refractivity contribution < 1.29 is 23.5 Å². The highest BCUT2D eigenvalue weighted by atomic mass is 16.6. The van der Waals surface area contributed by atoms with Crippen LogP contribution >= 0.6 is 0 Å². The summed E-state index contributed by atoms with van der Waals surface area (Å²) in [6.07, 6.45) is 2.82. The molecule has 0 fully saturated rings. The summed E-state index contributed by atoms with van der Waals surface area (Å²) in [7, 11) is 0. The summed E-state index contributed by atoms with van der Waals surface area (Å²) in [4.78, 5) is 23.2. The average molecular weight is 267 g/mol. The third kappa shape index (κ3) is 4.87. The topological polar surface area (TPSA) is 77.8 Å². The van der Waals surface area contributed by atoms with Crippen LogP contribution in [0.2, 0.25) is 0 Å². The molecule has 0 atom stereocenters. The Morgan fingerprint density at radius 2 is 1.89 bits per heavy atom. The van der Waals surface area contributed by atoms with Gasteiger partial charge in [0.15, 0.2) is 5.57 Å². The molecule has 1 aromatic heterocycles. The summed E-state index contributed by atoms with van der Waals surface area (Å²) in [5, 5.41) is 2.81. The molecule has 19 heavy (non-hydrogen) atoms. The fraction of sp³-hybridized carbons (Fsp3) is 0.385. The normalized spacial score (nSPS) is 9.58. The van der Waals surface area contributed by atoms with E-state index in [1.165, 1.54) is 6.20 Å². The van der Waals surface area contributed by atoms with Crippen LogP contribution in [-0.2, 0) is 25.6 Å². The van der Waals surface area contributed by atoms with Gasteiger partial charge < -0.3 is 19.2 Å². The molecule has 0 radical (unpaired) electrons. The Morgan fingerprint density at radius 3 is 2.37 bits per heavy atom. The minimum absolute atomic E-state index is 0.171. The molecular formula is C13H17NO5. The summed E-state index contributed by atoms with van der Waals surface area (Å²) in [6, 6.07) is 3.52. The van der Waals surface area contributed by atoms with E-state index in [-0.39, 0.29) is 18.8 Å². The fourth-order valence-corrected chi connectivity index (χ4v) is 1.29. The maximum Gasteiger partial charge on any atom is 0.347 e. The van der Waals surface area contributed by atoms with Crippen molar-refractivity contribution in [3.63, 3.8) is 0 Å². The Balaban J connectivity index is 2.66. The fourth-order valence-electron chi connectivity index (χ4n) is 1.29. The van der Waals surface area contributed by atoms with Gasteiger partial charge in [0.05, 0.1) is 26.0 Å². The molecule has 6 nitrogen and oxygen atoms in total. The molecule has 0 aliphatic carbocycles. The molecule has 0 saturated carbocycles. The van der Waals surface area contributed by atoms with Crippen molar-refractivity contribution in [2.75, 3.05) is 13.2 Å². The Bertz CT molecular complexity index is 416. The largest absolute Gasteiger partial charge is 0.467 e. The number of carbonyl (C=O) groups excluding carboxylic acids is 2. The molecule has 0 saturated heterocycles. The van der Waals surface area contributed by atoms with E-state index in [1.807, 2.05) is 0 Å². The first kappa shape index (κ1) is 14.8. The monoisotopic (exact) mass is 267 g/mol. The molecule has 0 aliphatic heterocycles. The van der Waals surface area contributed by atoms with Gasteiger partial charge in [-0.1, -0.05) is 0 Å². The van der Waals surface area contributed by atoms with Gasteiger partial charge in [0, 0.05) is 6.20 Å². The molecular weight excluding hydrogens is 250 g/mol. The first-order valence-corrected chi connectivity index (χ1v) is 5.99. The van der Waals surface area contributed by atoms with Gasteiger partial charge >= 0.3 is 11.9 Å². The van der Waals surface area contributed by atoms with Crippen molar-refractivity contribution >= 4 is 11.9 Å². The SMILES string of the molecule is CCOC(=O)C(=CNCc1ccco1)C(=O)OCC. The van der Waals surface area contributed by atoms with Gasteiger partial charge in [-0.25, -0.2) is 9.59 Å². The zero-order valence-corrected chi connectivity index (χ0v) is 11.0. The highest BCUT2D eigenvalue weighted by Gasteiger charge is 2.20. The third-order valence-electron chi connectivity index (χ3n) is 2.09. The predicted molar refractivity (Wildman–Crippen MR) is 66.9 cm³/mol. The Labute approximate surface area is 111 Å². The molecule has 1 heterocycles. The highest BCUT2D eigenvalue weighted by molar-refractivity contribution is 6.13. The summed E-state index contributed by atoms with van der Waals surface area (Å²) in [6.45, 7) is 4.06. The smallest absolute Gasteiger partial charge is 0.347 e. The lowest BCUT2D eigenvalue weighted by Gasteiger charge is -2.07. The lowest BCUT2D eigenvalue weighted by Crippen LogP contribution is -2.21. The number of hydrogen-bond donors (Lipinski definition) is 1. The maximum absolute atomic E-state index is 11.6. The Morgan fingerprint density at radius 1 is 1.26 bits per heavy atom. The van der Waals surface area contributed by atoms with Gasteiger partial charge in [-0.2, -0.15) is 0 Å². The number of rotatable bonds is 7. The van der Waals surface area contributed by atoms with Gasteiger partial charge in [-0.05, 0) is 26.0 Å². The first-order chi connectivity index (χ1) is 9.19. The number of ether oxygens (including phenoxy) is 2. The van der Waals surface area contributed by atoms with Crippen LogP contribution in [0.1, 0.15) is 19.6 Å². The zero-order chi connectivity index (χ0) is 14.1. The molecule has 0 aliphatic rings. The van der Waals surface area contributed by atoms with Crippen LogP contribution < -0.4 is 5.32 Å². The van der Waals surface area contributed by atoms with Gasteiger partial charge in [0.2, 0.25) is 0 Å². The van der Waals surface area contributed by atoms with E-state index in [2.05, 4.69) is 5.32 Å². The minimum Gasteiger partial charge on any atom is -0.467 e. The number of nitrogens with one attached hydrogen (secondary N) is 1. The van der Waals surface area contributed by atoms with Crippen molar-refractivity contribution in [1.82, 2.24) is 5.32 Å². The Hall–Kier alpha value is -2.24. The lowest BCUT2D eigenvalue weighted by molar-refractivity contribution is -0.146. The molecule has 6 heteroatoms. The van der Waals surface area contributed by atoms with E-state index in [9.17, 15) is 9.59 Å². The number of esters is 2. The molecule has 104 valence electrons. The van der Waals surface area contributed by atoms with E-state index in [1.54, 1.807) is 32.2 Å². The van der Waals surface area contributed by atoms with E-state index >= 15 is 0 Å². The maximum atomic E-state index is 11.6. The lowest BCUT2D eigenvalue weighted by atomic mass is 10.3.